The van der Waals surface area contributed by atoms with Gasteiger partial charge in [-0.25, -0.2) is 0 Å². The molecule has 0 radical (unpaired) electrons. The second-order valence-electron chi connectivity index (χ2n) is 5.20. The minimum atomic E-state index is -0.285. The van der Waals surface area contributed by atoms with Gasteiger partial charge in [-0.1, -0.05) is 34.1 Å². The van der Waals surface area contributed by atoms with Crippen LogP contribution in [0.15, 0.2) is 65.1 Å². The third-order valence-electron chi connectivity index (χ3n) is 3.41. The van der Waals surface area contributed by atoms with E-state index in [1.54, 1.807) is 12.1 Å². The zero-order valence-electron chi connectivity index (χ0n) is 13.0. The Bertz CT molecular complexity index is 848. The molecule has 0 spiro atoms. The molecule has 120 valence electrons. The van der Waals surface area contributed by atoms with Crippen molar-refractivity contribution in [3.8, 4) is 0 Å². The van der Waals surface area contributed by atoms with Gasteiger partial charge in [0.15, 0.2) is 11.5 Å². The fraction of sp³-hybridized carbons (Fsp3) is 0.0556. The molecule has 0 aliphatic heterocycles. The topological polar surface area (TPSA) is 66.9 Å². The Kier molecular flexibility index (Phi) is 4.86. The largest absolute Gasteiger partial charge is 0.339 e. The molecule has 5 nitrogen and oxygen atoms in total. The van der Waals surface area contributed by atoms with Crippen LogP contribution in [0.25, 0.3) is 0 Å². The van der Waals surface area contributed by atoms with Gasteiger partial charge in [0, 0.05) is 15.8 Å². The maximum absolute atomic E-state index is 12.2. The molecule has 1 heterocycles. The van der Waals surface area contributed by atoms with E-state index in [-0.39, 0.29) is 11.6 Å². The second-order valence-corrected chi connectivity index (χ2v) is 6.12. The summed E-state index contributed by atoms with van der Waals surface area (Å²) in [5.74, 6) is 0.289. The highest BCUT2D eigenvalue weighted by Crippen LogP contribution is 2.18. The zero-order valence-corrected chi connectivity index (χ0v) is 14.5. The van der Waals surface area contributed by atoms with Crippen LogP contribution in [0, 0.1) is 6.92 Å². The average molecular weight is 383 g/mol. The summed E-state index contributed by atoms with van der Waals surface area (Å²) in [5.41, 5.74) is 2.91. The maximum atomic E-state index is 12.2. The molecule has 0 aliphatic rings. The number of nitrogens with zero attached hydrogens (tertiary/aromatic N) is 2. The summed E-state index contributed by atoms with van der Waals surface area (Å²) in [4.78, 5) is 12.2. The summed E-state index contributed by atoms with van der Waals surface area (Å²) in [6, 6.07) is 18.7. The molecule has 0 fully saturated rings. The summed E-state index contributed by atoms with van der Waals surface area (Å²) in [5, 5.41) is 14.0. The van der Waals surface area contributed by atoms with E-state index in [1.807, 2.05) is 55.5 Å². The van der Waals surface area contributed by atoms with Crippen molar-refractivity contribution in [3.05, 3.63) is 76.4 Å². The van der Waals surface area contributed by atoms with Crippen molar-refractivity contribution in [2.75, 3.05) is 10.6 Å². The molecule has 24 heavy (non-hydrogen) atoms. The number of hydrogen-bond acceptors (Lipinski definition) is 4. The molecule has 0 aliphatic carbocycles. The van der Waals surface area contributed by atoms with Gasteiger partial charge in [-0.2, -0.15) is 0 Å². The maximum Gasteiger partial charge on any atom is 0.276 e. The first-order valence-electron chi connectivity index (χ1n) is 7.35. The van der Waals surface area contributed by atoms with E-state index >= 15 is 0 Å². The predicted molar refractivity (Wildman–Crippen MR) is 98.6 cm³/mol. The Morgan fingerprint density at radius 2 is 1.71 bits per heavy atom. The molecule has 0 bridgehead atoms. The number of para-hydroxylation sites is 1. The fourth-order valence-corrected chi connectivity index (χ4v) is 2.36. The zero-order chi connectivity index (χ0) is 16.9. The van der Waals surface area contributed by atoms with Crippen LogP contribution >= 0.6 is 15.9 Å². The molecule has 0 atom stereocenters. The molecule has 0 saturated heterocycles. The van der Waals surface area contributed by atoms with Crippen molar-refractivity contribution in [2.45, 2.75) is 6.92 Å². The van der Waals surface area contributed by atoms with Crippen molar-refractivity contribution in [1.82, 2.24) is 10.2 Å². The monoisotopic (exact) mass is 382 g/mol. The number of anilines is 3. The first-order valence-corrected chi connectivity index (χ1v) is 8.14. The van der Waals surface area contributed by atoms with Crippen molar-refractivity contribution >= 4 is 39.0 Å². The molecular weight excluding hydrogens is 368 g/mol. The number of nitrogens with one attached hydrogen (secondary N) is 2. The lowest BCUT2D eigenvalue weighted by Crippen LogP contribution is -2.15. The number of benzene rings is 2. The van der Waals surface area contributed by atoms with Crippen molar-refractivity contribution < 1.29 is 4.79 Å². The molecule has 2 N–H and O–H groups in total. The molecule has 2 aromatic carbocycles. The van der Waals surface area contributed by atoms with Crippen molar-refractivity contribution in [3.63, 3.8) is 0 Å². The minimum absolute atomic E-state index is 0.264. The van der Waals surface area contributed by atoms with Gasteiger partial charge in [0.1, 0.15) is 0 Å². The van der Waals surface area contributed by atoms with E-state index in [0.29, 0.717) is 5.82 Å². The number of rotatable bonds is 4. The Morgan fingerprint density at radius 3 is 2.38 bits per heavy atom. The minimum Gasteiger partial charge on any atom is -0.339 e. The van der Waals surface area contributed by atoms with Crippen LogP contribution in [-0.4, -0.2) is 16.1 Å². The summed E-state index contributed by atoms with van der Waals surface area (Å²) < 4.78 is 1.00. The highest BCUT2D eigenvalue weighted by atomic mass is 79.9. The van der Waals surface area contributed by atoms with E-state index in [1.165, 1.54) is 0 Å². The number of aromatic nitrogens is 2. The Hall–Kier alpha value is -2.73. The van der Waals surface area contributed by atoms with Crippen LogP contribution in [0.3, 0.4) is 0 Å². The normalized spacial score (nSPS) is 10.2. The van der Waals surface area contributed by atoms with Crippen LogP contribution < -0.4 is 10.6 Å². The lowest BCUT2D eigenvalue weighted by molar-refractivity contribution is 0.102. The molecule has 1 aromatic heterocycles. The number of carbonyl (C=O) groups excluding carboxylic acids is 1. The number of hydrogen-bond donors (Lipinski definition) is 2. The molecule has 3 rings (SSSR count). The first kappa shape index (κ1) is 16.1. The molecule has 1 amide bonds. The predicted octanol–water partition coefficient (Wildman–Crippen LogP) is 4.54. The molecule has 0 unspecified atom stereocenters. The van der Waals surface area contributed by atoms with Gasteiger partial charge in [0.2, 0.25) is 0 Å². The number of carbonyl (C=O) groups is 1. The lowest BCUT2D eigenvalue weighted by Gasteiger charge is -2.08. The smallest absolute Gasteiger partial charge is 0.276 e. The van der Waals surface area contributed by atoms with Gasteiger partial charge in [-0.15, -0.1) is 10.2 Å². The SMILES string of the molecule is Cc1ccccc1NC(=O)c1ccc(Nc2ccc(Br)cc2)nn1. The van der Waals surface area contributed by atoms with E-state index < -0.39 is 0 Å². The van der Waals surface area contributed by atoms with E-state index in [0.717, 1.165) is 21.4 Å². The number of halogens is 1. The highest BCUT2D eigenvalue weighted by molar-refractivity contribution is 9.10. The average Bonchev–Trinajstić information content (AvgIpc) is 2.59. The molecular formula is C18H15BrN4O. The van der Waals surface area contributed by atoms with Gasteiger partial charge in [-0.3, -0.25) is 4.79 Å². The van der Waals surface area contributed by atoms with Crippen LogP contribution in [0.4, 0.5) is 17.2 Å². The third kappa shape index (κ3) is 3.97. The van der Waals surface area contributed by atoms with Crippen LogP contribution in [0.1, 0.15) is 16.1 Å². The van der Waals surface area contributed by atoms with Crippen LogP contribution in [-0.2, 0) is 0 Å². The van der Waals surface area contributed by atoms with Gasteiger partial charge in [-0.05, 0) is 55.0 Å². The third-order valence-corrected chi connectivity index (χ3v) is 3.94. The van der Waals surface area contributed by atoms with Gasteiger partial charge in [0.25, 0.3) is 5.91 Å². The summed E-state index contributed by atoms with van der Waals surface area (Å²) >= 11 is 3.39. The van der Waals surface area contributed by atoms with Crippen molar-refractivity contribution in [1.29, 1.82) is 0 Å². The summed E-state index contributed by atoms with van der Waals surface area (Å²) in [6.07, 6.45) is 0. The highest BCUT2D eigenvalue weighted by Gasteiger charge is 2.10. The van der Waals surface area contributed by atoms with Crippen LogP contribution in [0.5, 0.6) is 0 Å². The first-order chi connectivity index (χ1) is 11.6. The Balaban J connectivity index is 1.68. The Morgan fingerprint density at radius 1 is 0.958 bits per heavy atom. The van der Waals surface area contributed by atoms with Crippen molar-refractivity contribution in [2.24, 2.45) is 0 Å². The summed E-state index contributed by atoms with van der Waals surface area (Å²) in [7, 11) is 0. The van der Waals surface area contributed by atoms with E-state index in [9.17, 15) is 4.79 Å². The lowest BCUT2D eigenvalue weighted by atomic mass is 10.2. The molecule has 0 saturated carbocycles. The fourth-order valence-electron chi connectivity index (χ4n) is 2.10. The molecule has 6 heteroatoms. The molecule has 3 aromatic rings. The quantitative estimate of drug-likeness (QED) is 0.694. The van der Waals surface area contributed by atoms with Gasteiger partial charge < -0.3 is 10.6 Å². The number of amides is 1. The number of aryl methyl sites for hydroxylation is 1. The van der Waals surface area contributed by atoms with Crippen LogP contribution in [0.2, 0.25) is 0 Å². The van der Waals surface area contributed by atoms with E-state index in [4.69, 9.17) is 0 Å². The van der Waals surface area contributed by atoms with E-state index in [2.05, 4.69) is 36.8 Å². The standard InChI is InChI=1S/C18H15BrN4O/c1-12-4-2-3-5-15(12)21-18(24)16-10-11-17(23-22-16)20-14-8-6-13(19)7-9-14/h2-11H,1H3,(H,20,23)(H,21,24). The Labute approximate surface area is 148 Å². The van der Waals surface area contributed by atoms with Gasteiger partial charge in [0.05, 0.1) is 0 Å². The second kappa shape index (κ2) is 7.23. The summed E-state index contributed by atoms with van der Waals surface area (Å²) in [6.45, 7) is 1.94. The van der Waals surface area contributed by atoms with Gasteiger partial charge >= 0.3 is 0 Å².